The zero-order valence-corrected chi connectivity index (χ0v) is 6.83. The number of hydrogen-bond donors (Lipinski definition) is 1. The first-order valence-electron chi connectivity index (χ1n) is 3.58. The summed E-state index contributed by atoms with van der Waals surface area (Å²) in [4.78, 5) is 0. The number of alkyl halides is 4. The molecule has 0 atom stereocenters. The van der Waals surface area contributed by atoms with E-state index in [4.69, 9.17) is 0 Å². The Morgan fingerprint density at radius 3 is 1.50 bits per heavy atom. The lowest BCUT2D eigenvalue weighted by atomic mass is 10.4. The molecule has 1 fully saturated rings. The molecule has 1 saturated heterocycles. The lowest BCUT2D eigenvalue weighted by Crippen LogP contribution is -2.52. The zero-order chi connectivity index (χ0) is 9.83. The number of rotatable bonds is 0. The second kappa shape index (κ2) is 4.04. The van der Waals surface area contributed by atoms with Gasteiger partial charge in [-0.3, -0.25) is 4.74 Å². The lowest BCUT2D eigenvalue weighted by Gasteiger charge is -2.29. The highest BCUT2D eigenvalue weighted by molar-refractivity contribution is 4.71. The van der Waals surface area contributed by atoms with Crippen LogP contribution in [0.4, 0.5) is 17.6 Å². The highest BCUT2D eigenvalue weighted by Gasteiger charge is 2.47. The van der Waals surface area contributed by atoms with E-state index in [1.165, 1.54) is 0 Å². The van der Waals surface area contributed by atoms with Crippen molar-refractivity contribution >= 4 is 0 Å². The molecule has 0 radical (unpaired) electrons. The lowest BCUT2D eigenvalue weighted by molar-refractivity contribution is -0.386. The summed E-state index contributed by atoms with van der Waals surface area (Å²) in [5.74, 6) is 0. The van der Waals surface area contributed by atoms with Crippen molar-refractivity contribution in [3.8, 4) is 0 Å². The first-order valence-corrected chi connectivity index (χ1v) is 3.58. The summed E-state index contributed by atoms with van der Waals surface area (Å²) in [6.07, 6.45) is -7.50. The standard InChI is InChI=1S/C4H5F4NO.C2H6/c5-3(6)1-9-2-4(7,8)10-3;1-2/h9H,1-2H2;1-2H3. The third-order valence-electron chi connectivity index (χ3n) is 0.960. The summed E-state index contributed by atoms with van der Waals surface area (Å²) < 4.78 is 50.9. The van der Waals surface area contributed by atoms with E-state index in [1.54, 1.807) is 0 Å². The fraction of sp³-hybridized carbons (Fsp3) is 1.00. The van der Waals surface area contributed by atoms with Crippen LogP contribution in [0.15, 0.2) is 0 Å². The van der Waals surface area contributed by atoms with Crippen molar-refractivity contribution in [3.63, 3.8) is 0 Å². The van der Waals surface area contributed by atoms with Crippen molar-refractivity contribution in [1.29, 1.82) is 0 Å². The molecule has 0 aliphatic carbocycles. The maximum Gasteiger partial charge on any atom is 0.372 e. The molecule has 1 rings (SSSR count). The molecular formula is C6H11F4NO. The van der Waals surface area contributed by atoms with Gasteiger partial charge in [0.05, 0.1) is 13.1 Å². The maximum absolute atomic E-state index is 11.9. The van der Waals surface area contributed by atoms with Crippen LogP contribution in [0, 0.1) is 0 Å². The summed E-state index contributed by atoms with van der Waals surface area (Å²) in [6, 6.07) is 0. The Morgan fingerprint density at radius 1 is 1.00 bits per heavy atom. The first kappa shape index (κ1) is 11.6. The van der Waals surface area contributed by atoms with Crippen LogP contribution >= 0.6 is 0 Å². The molecule has 1 N–H and O–H groups in total. The Balaban J connectivity index is 0.000000561. The van der Waals surface area contributed by atoms with Crippen molar-refractivity contribution in [2.75, 3.05) is 13.1 Å². The van der Waals surface area contributed by atoms with E-state index in [1.807, 2.05) is 19.2 Å². The zero-order valence-electron chi connectivity index (χ0n) is 6.83. The molecule has 0 aromatic heterocycles. The predicted octanol–water partition coefficient (Wildman–Crippen LogP) is 1.82. The minimum Gasteiger partial charge on any atom is -0.301 e. The van der Waals surface area contributed by atoms with Gasteiger partial charge in [0.15, 0.2) is 0 Å². The van der Waals surface area contributed by atoms with Crippen LogP contribution in [0.1, 0.15) is 13.8 Å². The molecule has 2 nitrogen and oxygen atoms in total. The largest absolute Gasteiger partial charge is 0.372 e. The molecule has 1 aliphatic heterocycles. The van der Waals surface area contributed by atoms with E-state index in [-0.39, 0.29) is 0 Å². The van der Waals surface area contributed by atoms with Crippen LogP contribution in [0.5, 0.6) is 0 Å². The van der Waals surface area contributed by atoms with Gasteiger partial charge in [-0.05, 0) is 0 Å². The average Bonchev–Trinajstić information content (AvgIpc) is 1.86. The number of halogens is 4. The van der Waals surface area contributed by atoms with Crippen LogP contribution in [-0.4, -0.2) is 25.3 Å². The van der Waals surface area contributed by atoms with Gasteiger partial charge in [-0.25, -0.2) is 0 Å². The molecule has 6 heteroatoms. The van der Waals surface area contributed by atoms with Crippen LogP contribution in [-0.2, 0) is 4.74 Å². The molecule has 0 aromatic rings. The van der Waals surface area contributed by atoms with E-state index in [9.17, 15) is 17.6 Å². The van der Waals surface area contributed by atoms with Crippen LogP contribution in [0.3, 0.4) is 0 Å². The number of morpholine rings is 1. The first-order chi connectivity index (χ1) is 5.41. The fourth-order valence-corrected chi connectivity index (χ4v) is 0.644. The van der Waals surface area contributed by atoms with Crippen molar-refractivity contribution in [1.82, 2.24) is 5.32 Å². The molecule has 0 saturated carbocycles. The molecule has 0 aromatic carbocycles. The normalized spacial score (nSPS) is 25.5. The molecular weight excluding hydrogens is 178 g/mol. The third kappa shape index (κ3) is 3.87. The Labute approximate surface area is 67.9 Å². The molecule has 0 spiro atoms. The minimum atomic E-state index is -3.75. The Morgan fingerprint density at radius 2 is 1.33 bits per heavy atom. The van der Waals surface area contributed by atoms with Gasteiger partial charge in [0.2, 0.25) is 0 Å². The number of hydrogen-bond acceptors (Lipinski definition) is 2. The quantitative estimate of drug-likeness (QED) is 0.587. The van der Waals surface area contributed by atoms with Crippen molar-refractivity contribution in [2.45, 2.75) is 26.1 Å². The second-order valence-electron chi connectivity index (χ2n) is 1.98. The minimum absolute atomic E-state index is 0.859. The summed E-state index contributed by atoms with van der Waals surface area (Å²) >= 11 is 0. The smallest absolute Gasteiger partial charge is 0.301 e. The van der Waals surface area contributed by atoms with Crippen LogP contribution in [0.25, 0.3) is 0 Å². The fourth-order valence-electron chi connectivity index (χ4n) is 0.644. The third-order valence-corrected chi connectivity index (χ3v) is 0.960. The van der Waals surface area contributed by atoms with E-state index in [0.717, 1.165) is 0 Å². The average molecular weight is 189 g/mol. The monoisotopic (exact) mass is 189 g/mol. The summed E-state index contributed by atoms with van der Waals surface area (Å²) in [5.41, 5.74) is 0. The summed E-state index contributed by atoms with van der Waals surface area (Å²) in [7, 11) is 0. The van der Waals surface area contributed by atoms with E-state index < -0.39 is 25.3 Å². The Kier molecular flexibility index (Phi) is 3.92. The van der Waals surface area contributed by atoms with Gasteiger partial charge in [0, 0.05) is 0 Å². The van der Waals surface area contributed by atoms with Crippen molar-refractivity contribution in [3.05, 3.63) is 0 Å². The number of nitrogens with one attached hydrogen (secondary N) is 1. The van der Waals surface area contributed by atoms with Crippen molar-refractivity contribution in [2.24, 2.45) is 0 Å². The van der Waals surface area contributed by atoms with Gasteiger partial charge in [0.1, 0.15) is 0 Å². The SMILES string of the molecule is CC.FC1(F)CNCC(F)(F)O1. The molecule has 1 heterocycles. The molecule has 0 bridgehead atoms. The predicted molar refractivity (Wildman–Crippen MR) is 35.2 cm³/mol. The maximum atomic E-state index is 11.9. The molecule has 12 heavy (non-hydrogen) atoms. The van der Waals surface area contributed by atoms with Gasteiger partial charge in [0.25, 0.3) is 0 Å². The highest BCUT2D eigenvalue weighted by atomic mass is 19.3. The van der Waals surface area contributed by atoms with Gasteiger partial charge in [-0.1, -0.05) is 13.8 Å². The Hall–Kier alpha value is -0.360. The van der Waals surface area contributed by atoms with Crippen LogP contribution < -0.4 is 5.32 Å². The highest BCUT2D eigenvalue weighted by Crippen LogP contribution is 2.28. The van der Waals surface area contributed by atoms with Gasteiger partial charge >= 0.3 is 12.2 Å². The second-order valence-corrected chi connectivity index (χ2v) is 1.98. The van der Waals surface area contributed by atoms with E-state index >= 15 is 0 Å². The molecule has 1 aliphatic rings. The molecule has 0 amide bonds. The van der Waals surface area contributed by atoms with Crippen molar-refractivity contribution < 1.29 is 22.3 Å². The summed E-state index contributed by atoms with van der Waals surface area (Å²) in [5, 5.41) is 1.84. The van der Waals surface area contributed by atoms with Gasteiger partial charge in [-0.15, -0.1) is 0 Å². The molecule has 0 unspecified atom stereocenters. The van der Waals surface area contributed by atoms with E-state index in [0.29, 0.717) is 0 Å². The topological polar surface area (TPSA) is 21.3 Å². The van der Waals surface area contributed by atoms with E-state index in [2.05, 4.69) is 4.74 Å². The Bertz CT molecular complexity index is 126. The molecule has 74 valence electrons. The van der Waals surface area contributed by atoms with Gasteiger partial charge < -0.3 is 5.32 Å². The summed E-state index contributed by atoms with van der Waals surface area (Å²) in [6.45, 7) is 2.28. The van der Waals surface area contributed by atoms with Crippen LogP contribution in [0.2, 0.25) is 0 Å². The number of ether oxygens (including phenoxy) is 1. The van der Waals surface area contributed by atoms with Gasteiger partial charge in [-0.2, -0.15) is 17.6 Å².